The summed E-state index contributed by atoms with van der Waals surface area (Å²) in [5, 5.41) is 6.08. The number of fused-ring (bicyclic) bond motifs is 1. The molecule has 3 N–H and O–H groups in total. The topological polar surface area (TPSA) is 91.1 Å². The molecular weight excluding hydrogens is 270 g/mol. The molecule has 0 aliphatic carbocycles. The summed E-state index contributed by atoms with van der Waals surface area (Å²) in [5.74, 6) is -0.335. The quantitative estimate of drug-likeness (QED) is 0.752. The lowest BCUT2D eigenvalue weighted by Gasteiger charge is -2.23. The largest absolute Gasteiger partial charge is 0.354 e. The molecule has 1 aliphatic heterocycles. The van der Waals surface area contributed by atoms with Crippen LogP contribution in [0.3, 0.4) is 0 Å². The lowest BCUT2D eigenvalue weighted by Crippen LogP contribution is -2.48. The molecule has 1 atom stereocenters. The standard InChI is InChI=1S/C15H15N3O3/c19-13-7-12(18-11-4-2-1-3-10(11)13)15(21)17-9-5-6-14(20)16-8-9/h1-4,7,9H,5-6,8H2,(H,16,20)(H,17,21)(H,18,19). The minimum absolute atomic E-state index is 0.000360. The first-order valence-corrected chi connectivity index (χ1v) is 6.83. The van der Waals surface area contributed by atoms with Crippen LogP contribution in [0, 0.1) is 0 Å². The van der Waals surface area contributed by atoms with E-state index in [1.165, 1.54) is 6.07 Å². The third kappa shape index (κ3) is 2.79. The Morgan fingerprint density at radius 2 is 2.05 bits per heavy atom. The Morgan fingerprint density at radius 3 is 2.81 bits per heavy atom. The van der Waals surface area contributed by atoms with E-state index in [2.05, 4.69) is 15.6 Å². The highest BCUT2D eigenvalue weighted by atomic mass is 16.2. The second-order valence-electron chi connectivity index (χ2n) is 5.11. The molecular formula is C15H15N3O3. The number of rotatable bonds is 2. The van der Waals surface area contributed by atoms with Crippen molar-refractivity contribution in [1.29, 1.82) is 0 Å². The zero-order valence-electron chi connectivity index (χ0n) is 11.3. The molecule has 6 heteroatoms. The zero-order chi connectivity index (χ0) is 14.8. The van der Waals surface area contributed by atoms with Gasteiger partial charge in [0.2, 0.25) is 5.91 Å². The summed E-state index contributed by atoms with van der Waals surface area (Å²) in [6.45, 7) is 0.419. The van der Waals surface area contributed by atoms with Gasteiger partial charge < -0.3 is 15.6 Å². The Bertz CT molecular complexity index is 756. The fourth-order valence-electron chi connectivity index (χ4n) is 2.44. The Hall–Kier alpha value is -2.63. The molecule has 2 aromatic rings. The summed E-state index contributed by atoms with van der Waals surface area (Å²) < 4.78 is 0. The summed E-state index contributed by atoms with van der Waals surface area (Å²) in [7, 11) is 0. The van der Waals surface area contributed by atoms with Gasteiger partial charge in [0.25, 0.3) is 5.91 Å². The number of pyridine rings is 1. The maximum absolute atomic E-state index is 12.2. The third-order valence-corrected chi connectivity index (χ3v) is 3.58. The first-order valence-electron chi connectivity index (χ1n) is 6.83. The third-order valence-electron chi connectivity index (χ3n) is 3.58. The maximum Gasteiger partial charge on any atom is 0.268 e. The smallest absolute Gasteiger partial charge is 0.268 e. The molecule has 1 aromatic carbocycles. The maximum atomic E-state index is 12.2. The fourth-order valence-corrected chi connectivity index (χ4v) is 2.44. The van der Waals surface area contributed by atoms with E-state index in [9.17, 15) is 14.4 Å². The Labute approximate surface area is 120 Å². The fraction of sp³-hybridized carbons (Fsp3) is 0.267. The van der Waals surface area contributed by atoms with Gasteiger partial charge >= 0.3 is 0 Å². The number of nitrogens with one attached hydrogen (secondary N) is 3. The SMILES string of the molecule is O=C1CCC(NC(=O)c2cc(=O)c3ccccc3[nH]2)CN1. The minimum Gasteiger partial charge on any atom is -0.354 e. The number of aromatic nitrogens is 1. The van der Waals surface area contributed by atoms with Crippen LogP contribution in [0.15, 0.2) is 35.1 Å². The number of hydrogen-bond donors (Lipinski definition) is 3. The van der Waals surface area contributed by atoms with Crippen LogP contribution in [0.1, 0.15) is 23.3 Å². The van der Waals surface area contributed by atoms with Crippen LogP contribution in [0.4, 0.5) is 0 Å². The van der Waals surface area contributed by atoms with Crippen LogP contribution in [0.25, 0.3) is 10.9 Å². The molecule has 1 saturated heterocycles. The highest BCUT2D eigenvalue weighted by Gasteiger charge is 2.20. The predicted octanol–water partition coefficient (Wildman–Crippen LogP) is 0.537. The number of para-hydroxylation sites is 1. The normalized spacial score (nSPS) is 18.3. The van der Waals surface area contributed by atoms with Crippen molar-refractivity contribution in [3.05, 3.63) is 46.2 Å². The number of benzene rings is 1. The highest BCUT2D eigenvalue weighted by Crippen LogP contribution is 2.08. The summed E-state index contributed by atoms with van der Waals surface area (Å²) in [4.78, 5) is 38.2. The average molecular weight is 285 g/mol. The number of H-pyrrole nitrogens is 1. The van der Waals surface area contributed by atoms with E-state index in [4.69, 9.17) is 0 Å². The van der Waals surface area contributed by atoms with Crippen LogP contribution in [-0.4, -0.2) is 29.4 Å². The average Bonchev–Trinajstić information content (AvgIpc) is 2.49. The van der Waals surface area contributed by atoms with Crippen molar-refractivity contribution in [1.82, 2.24) is 15.6 Å². The van der Waals surface area contributed by atoms with Crippen molar-refractivity contribution < 1.29 is 9.59 Å². The molecule has 21 heavy (non-hydrogen) atoms. The van der Waals surface area contributed by atoms with Gasteiger partial charge in [-0.05, 0) is 18.6 Å². The van der Waals surface area contributed by atoms with Crippen LogP contribution in [-0.2, 0) is 4.79 Å². The summed E-state index contributed by atoms with van der Waals surface area (Å²) in [6.07, 6.45) is 1.01. The second kappa shape index (κ2) is 5.40. The predicted molar refractivity (Wildman–Crippen MR) is 78.1 cm³/mol. The molecule has 0 radical (unpaired) electrons. The van der Waals surface area contributed by atoms with E-state index in [-0.39, 0.29) is 29.0 Å². The van der Waals surface area contributed by atoms with Crippen LogP contribution in [0.5, 0.6) is 0 Å². The van der Waals surface area contributed by atoms with Gasteiger partial charge in [0.05, 0.1) is 0 Å². The number of aromatic amines is 1. The van der Waals surface area contributed by atoms with E-state index in [0.717, 1.165) is 0 Å². The second-order valence-corrected chi connectivity index (χ2v) is 5.11. The Kier molecular flexibility index (Phi) is 3.43. The molecule has 2 amide bonds. The lowest BCUT2D eigenvalue weighted by atomic mass is 10.1. The molecule has 1 aliphatic rings. The van der Waals surface area contributed by atoms with Gasteiger partial charge in [-0.3, -0.25) is 14.4 Å². The van der Waals surface area contributed by atoms with Gasteiger partial charge in [-0.15, -0.1) is 0 Å². The molecule has 1 unspecified atom stereocenters. The van der Waals surface area contributed by atoms with Crippen LogP contribution >= 0.6 is 0 Å². The van der Waals surface area contributed by atoms with Crippen molar-refractivity contribution in [2.75, 3.05) is 6.54 Å². The zero-order valence-corrected chi connectivity index (χ0v) is 11.3. The highest BCUT2D eigenvalue weighted by molar-refractivity contribution is 5.95. The number of carbonyl (C=O) groups excluding carboxylic acids is 2. The molecule has 0 bridgehead atoms. The van der Waals surface area contributed by atoms with Crippen LogP contribution < -0.4 is 16.1 Å². The first kappa shape index (κ1) is 13.4. The monoisotopic (exact) mass is 285 g/mol. The summed E-state index contributed by atoms with van der Waals surface area (Å²) in [5.41, 5.74) is 0.675. The Balaban J connectivity index is 1.81. The molecule has 1 fully saturated rings. The number of amides is 2. The van der Waals surface area contributed by atoms with Gasteiger partial charge in [-0.25, -0.2) is 0 Å². The summed E-state index contributed by atoms with van der Waals surface area (Å²) in [6, 6.07) is 8.25. The summed E-state index contributed by atoms with van der Waals surface area (Å²) >= 11 is 0. The minimum atomic E-state index is -0.334. The van der Waals surface area contributed by atoms with E-state index in [0.29, 0.717) is 30.3 Å². The molecule has 3 rings (SSSR count). The van der Waals surface area contributed by atoms with Gasteiger partial charge in [-0.1, -0.05) is 12.1 Å². The van der Waals surface area contributed by atoms with E-state index >= 15 is 0 Å². The van der Waals surface area contributed by atoms with Crippen molar-refractivity contribution in [3.8, 4) is 0 Å². The van der Waals surface area contributed by atoms with E-state index in [1.807, 2.05) is 0 Å². The lowest BCUT2D eigenvalue weighted by molar-refractivity contribution is -0.122. The first-order chi connectivity index (χ1) is 10.1. The van der Waals surface area contributed by atoms with Crippen LogP contribution in [0.2, 0.25) is 0 Å². The van der Waals surface area contributed by atoms with Gasteiger partial charge in [-0.2, -0.15) is 0 Å². The molecule has 108 valence electrons. The van der Waals surface area contributed by atoms with Crippen molar-refractivity contribution in [3.63, 3.8) is 0 Å². The van der Waals surface area contributed by atoms with Gasteiger partial charge in [0.1, 0.15) is 5.69 Å². The molecule has 6 nitrogen and oxygen atoms in total. The van der Waals surface area contributed by atoms with Crippen molar-refractivity contribution >= 4 is 22.7 Å². The molecule has 0 spiro atoms. The molecule has 0 saturated carbocycles. The van der Waals surface area contributed by atoms with Crippen molar-refractivity contribution in [2.24, 2.45) is 0 Å². The van der Waals surface area contributed by atoms with Gasteiger partial charge in [0, 0.05) is 36.0 Å². The number of carbonyl (C=O) groups is 2. The van der Waals surface area contributed by atoms with Gasteiger partial charge in [0.15, 0.2) is 5.43 Å². The molecule has 1 aromatic heterocycles. The van der Waals surface area contributed by atoms with E-state index in [1.54, 1.807) is 24.3 Å². The molecule has 2 heterocycles. The Morgan fingerprint density at radius 1 is 1.24 bits per heavy atom. The number of hydrogen-bond acceptors (Lipinski definition) is 3. The van der Waals surface area contributed by atoms with Crippen molar-refractivity contribution in [2.45, 2.75) is 18.9 Å². The van der Waals surface area contributed by atoms with E-state index < -0.39 is 0 Å². The number of piperidine rings is 1.